The monoisotopic (exact) mass is 289 g/mol. The van der Waals surface area contributed by atoms with E-state index in [2.05, 4.69) is 37.4 Å². The van der Waals surface area contributed by atoms with Crippen LogP contribution in [0.25, 0.3) is 0 Å². The molecule has 0 saturated heterocycles. The van der Waals surface area contributed by atoms with E-state index in [1.54, 1.807) is 0 Å². The first kappa shape index (κ1) is 14.7. The second kappa shape index (κ2) is 6.27. The van der Waals surface area contributed by atoms with Crippen LogP contribution in [-0.2, 0) is 0 Å². The summed E-state index contributed by atoms with van der Waals surface area (Å²) in [6.45, 7) is 7.11. The van der Waals surface area contributed by atoms with Crippen molar-refractivity contribution < 1.29 is 9.47 Å². The molecule has 1 saturated carbocycles. The van der Waals surface area contributed by atoms with Gasteiger partial charge in [0.15, 0.2) is 11.5 Å². The van der Waals surface area contributed by atoms with Crippen LogP contribution in [0.4, 0.5) is 0 Å². The molecule has 2 aliphatic rings. The number of fused-ring (bicyclic) bond motifs is 1. The molecule has 3 rings (SSSR count). The molecule has 21 heavy (non-hydrogen) atoms. The highest BCUT2D eigenvalue weighted by atomic mass is 16.5. The van der Waals surface area contributed by atoms with Crippen LogP contribution in [0.15, 0.2) is 18.2 Å². The van der Waals surface area contributed by atoms with Crippen molar-refractivity contribution in [3.63, 3.8) is 0 Å². The largest absolute Gasteiger partial charge is 0.490 e. The Hall–Kier alpha value is -1.22. The number of nitrogens with one attached hydrogen (secondary N) is 1. The van der Waals surface area contributed by atoms with Gasteiger partial charge in [-0.15, -0.1) is 0 Å². The maximum atomic E-state index is 5.86. The maximum absolute atomic E-state index is 5.86. The lowest BCUT2D eigenvalue weighted by Gasteiger charge is -2.35. The number of hydrogen-bond acceptors (Lipinski definition) is 3. The van der Waals surface area contributed by atoms with Gasteiger partial charge in [-0.1, -0.05) is 32.8 Å². The van der Waals surface area contributed by atoms with Gasteiger partial charge in [0.2, 0.25) is 0 Å². The lowest BCUT2D eigenvalue weighted by Crippen LogP contribution is -2.34. The van der Waals surface area contributed by atoms with E-state index in [-0.39, 0.29) is 0 Å². The van der Waals surface area contributed by atoms with Crippen molar-refractivity contribution in [3.8, 4) is 11.5 Å². The van der Waals surface area contributed by atoms with Gasteiger partial charge in [-0.3, -0.25) is 0 Å². The number of rotatable bonds is 4. The number of benzene rings is 1. The molecule has 0 spiro atoms. The predicted molar refractivity (Wildman–Crippen MR) is 85.0 cm³/mol. The Labute approximate surface area is 128 Å². The van der Waals surface area contributed by atoms with Gasteiger partial charge in [-0.2, -0.15) is 0 Å². The van der Waals surface area contributed by atoms with Gasteiger partial charge in [0.25, 0.3) is 0 Å². The Balaban J connectivity index is 1.90. The zero-order valence-corrected chi connectivity index (χ0v) is 13.3. The molecule has 1 aromatic carbocycles. The molecule has 1 aliphatic carbocycles. The van der Waals surface area contributed by atoms with E-state index in [0.717, 1.165) is 37.7 Å². The lowest BCUT2D eigenvalue weighted by molar-refractivity contribution is 0.225. The molecule has 0 radical (unpaired) electrons. The Morgan fingerprint density at radius 1 is 1.10 bits per heavy atom. The summed E-state index contributed by atoms with van der Waals surface area (Å²) in [4.78, 5) is 0. The van der Waals surface area contributed by atoms with Crippen molar-refractivity contribution in [1.82, 2.24) is 5.32 Å². The third kappa shape index (κ3) is 3.03. The van der Waals surface area contributed by atoms with Gasteiger partial charge in [0, 0.05) is 12.5 Å². The van der Waals surface area contributed by atoms with E-state index < -0.39 is 0 Å². The molecule has 1 heterocycles. The summed E-state index contributed by atoms with van der Waals surface area (Å²) < 4.78 is 11.6. The first-order valence-corrected chi connectivity index (χ1v) is 8.36. The molecule has 0 amide bonds. The fourth-order valence-electron chi connectivity index (χ4n) is 3.80. The molecular weight excluding hydrogens is 262 g/mol. The van der Waals surface area contributed by atoms with Crippen molar-refractivity contribution in [2.45, 2.75) is 52.0 Å². The van der Waals surface area contributed by atoms with Crippen LogP contribution in [0.3, 0.4) is 0 Å². The van der Waals surface area contributed by atoms with Crippen LogP contribution < -0.4 is 14.8 Å². The van der Waals surface area contributed by atoms with Gasteiger partial charge in [-0.25, -0.2) is 0 Å². The Morgan fingerprint density at radius 3 is 2.52 bits per heavy atom. The minimum atomic E-state index is 0.357. The highest BCUT2D eigenvalue weighted by Crippen LogP contribution is 2.48. The van der Waals surface area contributed by atoms with Gasteiger partial charge < -0.3 is 14.8 Å². The summed E-state index contributed by atoms with van der Waals surface area (Å²) >= 11 is 0. The Kier molecular flexibility index (Phi) is 4.39. The van der Waals surface area contributed by atoms with E-state index >= 15 is 0 Å². The second-order valence-corrected chi connectivity index (χ2v) is 6.61. The normalized spacial score (nSPS) is 21.8. The smallest absolute Gasteiger partial charge is 0.161 e. The van der Waals surface area contributed by atoms with Crippen molar-refractivity contribution in [2.24, 2.45) is 5.41 Å². The van der Waals surface area contributed by atoms with Crippen molar-refractivity contribution in [2.75, 3.05) is 19.8 Å². The highest BCUT2D eigenvalue weighted by molar-refractivity contribution is 5.44. The molecule has 3 nitrogen and oxygen atoms in total. The molecule has 1 fully saturated rings. The lowest BCUT2D eigenvalue weighted by atomic mass is 9.77. The van der Waals surface area contributed by atoms with Crippen LogP contribution in [-0.4, -0.2) is 19.8 Å². The van der Waals surface area contributed by atoms with Gasteiger partial charge in [0.05, 0.1) is 13.2 Å². The first-order valence-electron chi connectivity index (χ1n) is 8.36. The molecular formula is C18H27NO2. The van der Waals surface area contributed by atoms with Crippen molar-refractivity contribution in [3.05, 3.63) is 23.8 Å². The third-order valence-electron chi connectivity index (χ3n) is 4.96. The Morgan fingerprint density at radius 2 is 1.81 bits per heavy atom. The zero-order chi connectivity index (χ0) is 14.7. The second-order valence-electron chi connectivity index (χ2n) is 6.61. The van der Waals surface area contributed by atoms with Crippen LogP contribution >= 0.6 is 0 Å². The van der Waals surface area contributed by atoms with E-state index in [0.29, 0.717) is 11.5 Å². The minimum Gasteiger partial charge on any atom is -0.490 e. The van der Waals surface area contributed by atoms with Crippen LogP contribution in [0, 0.1) is 5.41 Å². The molecule has 1 atom stereocenters. The molecule has 1 N–H and O–H groups in total. The summed E-state index contributed by atoms with van der Waals surface area (Å²) in [5.74, 6) is 1.80. The van der Waals surface area contributed by atoms with Crippen LogP contribution in [0.5, 0.6) is 11.5 Å². The number of hydrogen-bond donors (Lipinski definition) is 1. The molecule has 3 heteroatoms. The predicted octanol–water partition coefficient (Wildman–Crippen LogP) is 4.08. The Bertz CT molecular complexity index is 480. The zero-order valence-electron chi connectivity index (χ0n) is 13.3. The van der Waals surface area contributed by atoms with Crippen molar-refractivity contribution in [1.29, 1.82) is 0 Å². The molecule has 1 unspecified atom stereocenters. The summed E-state index contributed by atoms with van der Waals surface area (Å²) in [7, 11) is 0. The van der Waals surface area contributed by atoms with E-state index in [1.807, 2.05) is 0 Å². The third-order valence-corrected chi connectivity index (χ3v) is 4.96. The van der Waals surface area contributed by atoms with Gasteiger partial charge in [0.1, 0.15) is 0 Å². The molecule has 1 aliphatic heterocycles. The molecule has 1 aromatic rings. The quantitative estimate of drug-likeness (QED) is 0.906. The molecule has 0 aromatic heterocycles. The fourth-order valence-corrected chi connectivity index (χ4v) is 3.80. The summed E-state index contributed by atoms with van der Waals surface area (Å²) in [6, 6.07) is 6.89. The molecule has 0 bridgehead atoms. The van der Waals surface area contributed by atoms with Crippen LogP contribution in [0.2, 0.25) is 0 Å². The van der Waals surface area contributed by atoms with E-state index in [4.69, 9.17) is 9.47 Å². The van der Waals surface area contributed by atoms with Gasteiger partial charge >= 0.3 is 0 Å². The standard InChI is InChI=1S/C18H27NO2/c1-3-19-17(18(2)9-4-5-10-18)14-7-8-15-16(13-14)21-12-6-11-20-15/h7-8,13,17,19H,3-6,9-12H2,1-2H3. The number of ether oxygens (including phenoxy) is 2. The average molecular weight is 289 g/mol. The fraction of sp³-hybridized carbons (Fsp3) is 0.667. The average Bonchev–Trinajstić information content (AvgIpc) is 2.80. The topological polar surface area (TPSA) is 30.5 Å². The summed E-state index contributed by atoms with van der Waals surface area (Å²) in [5.41, 5.74) is 1.70. The first-order chi connectivity index (χ1) is 10.2. The SMILES string of the molecule is CCNC(c1ccc2c(c1)OCCCO2)C1(C)CCCC1. The highest BCUT2D eigenvalue weighted by Gasteiger charge is 2.37. The van der Waals surface area contributed by atoms with Gasteiger partial charge in [-0.05, 0) is 42.5 Å². The van der Waals surface area contributed by atoms with E-state index in [9.17, 15) is 0 Å². The summed E-state index contributed by atoms with van der Waals surface area (Å²) in [6.07, 6.45) is 6.27. The van der Waals surface area contributed by atoms with Crippen molar-refractivity contribution >= 4 is 0 Å². The summed E-state index contributed by atoms with van der Waals surface area (Å²) in [5, 5.41) is 3.71. The maximum Gasteiger partial charge on any atom is 0.161 e. The minimum absolute atomic E-state index is 0.357. The molecule has 116 valence electrons. The van der Waals surface area contributed by atoms with E-state index in [1.165, 1.54) is 31.2 Å². The van der Waals surface area contributed by atoms with Crippen LogP contribution in [0.1, 0.15) is 57.6 Å².